The number of Topliss-reactive ketones (excluding diaryl/α,β-unsaturated/α-hetero) is 1. The molecule has 0 saturated carbocycles. The molecule has 2 fully saturated rings. The van der Waals surface area contributed by atoms with Gasteiger partial charge in [-0.2, -0.15) is 0 Å². The number of amides is 1. The van der Waals surface area contributed by atoms with E-state index in [0.717, 1.165) is 29.5 Å². The molecule has 2 aromatic carbocycles. The molecule has 1 amide bonds. The molecule has 2 aromatic rings. The lowest BCUT2D eigenvalue weighted by atomic mass is 9.95. The molecular formula is C26H31N3O6S. The lowest BCUT2D eigenvalue weighted by Gasteiger charge is -2.29. The smallest absolute Gasteiger partial charge is 0.295 e. The molecule has 4 rings (SSSR count). The van der Waals surface area contributed by atoms with Gasteiger partial charge in [0.2, 0.25) is 10.0 Å². The first-order valence-electron chi connectivity index (χ1n) is 11.9. The monoisotopic (exact) mass is 513 g/mol. The van der Waals surface area contributed by atoms with Crippen molar-refractivity contribution >= 4 is 27.5 Å². The predicted octanol–water partition coefficient (Wildman–Crippen LogP) is 2.08. The fraction of sp³-hybridized carbons (Fsp3) is 0.385. The third-order valence-electron chi connectivity index (χ3n) is 6.54. The second-order valence-electron chi connectivity index (χ2n) is 9.02. The summed E-state index contributed by atoms with van der Waals surface area (Å²) in [5.41, 5.74) is 0.983. The zero-order valence-electron chi connectivity index (χ0n) is 20.5. The Hall–Kier alpha value is -3.05. The summed E-state index contributed by atoms with van der Waals surface area (Å²) in [6.45, 7) is 4.17. The van der Waals surface area contributed by atoms with E-state index in [1.807, 2.05) is 30.3 Å². The molecule has 10 heteroatoms. The van der Waals surface area contributed by atoms with Crippen molar-refractivity contribution in [2.24, 2.45) is 0 Å². The fourth-order valence-electron chi connectivity index (χ4n) is 4.53. The summed E-state index contributed by atoms with van der Waals surface area (Å²) < 4.78 is 31.3. The number of benzene rings is 2. The minimum Gasteiger partial charge on any atom is -0.507 e. The molecule has 2 saturated heterocycles. The number of carbonyl (C=O) groups excluding carboxylic acids is 2. The Morgan fingerprint density at radius 3 is 2.25 bits per heavy atom. The molecule has 2 aliphatic rings. The largest absolute Gasteiger partial charge is 0.507 e. The van der Waals surface area contributed by atoms with Gasteiger partial charge in [0.1, 0.15) is 5.76 Å². The van der Waals surface area contributed by atoms with Gasteiger partial charge in [0.15, 0.2) is 0 Å². The Labute approximate surface area is 211 Å². The van der Waals surface area contributed by atoms with Crippen LogP contribution in [0.2, 0.25) is 0 Å². The highest BCUT2D eigenvalue weighted by Crippen LogP contribution is 2.39. The van der Waals surface area contributed by atoms with Crippen LogP contribution < -0.4 is 0 Å². The summed E-state index contributed by atoms with van der Waals surface area (Å²) in [4.78, 5) is 30.1. The topological polar surface area (TPSA) is 107 Å². The molecule has 0 spiro atoms. The van der Waals surface area contributed by atoms with Crippen LogP contribution in [0.3, 0.4) is 0 Å². The molecule has 36 heavy (non-hydrogen) atoms. The van der Waals surface area contributed by atoms with Gasteiger partial charge in [0.05, 0.1) is 29.7 Å². The van der Waals surface area contributed by atoms with Crippen molar-refractivity contribution in [2.75, 3.05) is 53.5 Å². The summed E-state index contributed by atoms with van der Waals surface area (Å²) in [7, 11) is -0.777. The number of likely N-dealkylation sites (tertiary alicyclic amines) is 1. The van der Waals surface area contributed by atoms with E-state index in [9.17, 15) is 23.1 Å². The van der Waals surface area contributed by atoms with Crippen molar-refractivity contribution in [3.8, 4) is 0 Å². The van der Waals surface area contributed by atoms with Gasteiger partial charge in [-0.25, -0.2) is 12.7 Å². The number of aliphatic hydroxyl groups is 1. The van der Waals surface area contributed by atoms with Crippen LogP contribution in [0.5, 0.6) is 0 Å². The zero-order valence-corrected chi connectivity index (χ0v) is 21.3. The predicted molar refractivity (Wildman–Crippen MR) is 135 cm³/mol. The lowest BCUT2D eigenvalue weighted by Crippen LogP contribution is -2.38. The maximum atomic E-state index is 13.2. The van der Waals surface area contributed by atoms with Crippen LogP contribution >= 0.6 is 0 Å². The maximum Gasteiger partial charge on any atom is 0.295 e. The SMILES string of the molecule is CN(C)S(=O)(=O)c1ccc(C(O)=C2C(=O)C(=O)N(CCCN3CCOCC3)[C@H]2c2ccccc2)cc1. The minimum atomic E-state index is -3.65. The number of hydrogen-bond acceptors (Lipinski definition) is 7. The van der Waals surface area contributed by atoms with Crippen LogP contribution in [-0.2, 0) is 24.3 Å². The number of morpholine rings is 1. The number of aliphatic hydroxyl groups excluding tert-OH is 1. The van der Waals surface area contributed by atoms with Gasteiger partial charge in [0.25, 0.3) is 11.7 Å². The Balaban J connectivity index is 1.66. The van der Waals surface area contributed by atoms with Crippen LogP contribution in [0.25, 0.3) is 5.76 Å². The second-order valence-corrected chi connectivity index (χ2v) is 11.2. The van der Waals surface area contributed by atoms with E-state index < -0.39 is 27.8 Å². The van der Waals surface area contributed by atoms with Gasteiger partial charge in [-0.3, -0.25) is 14.5 Å². The number of rotatable bonds is 8. The molecule has 2 aliphatic heterocycles. The number of hydrogen-bond donors (Lipinski definition) is 1. The molecular weight excluding hydrogens is 482 g/mol. The maximum absolute atomic E-state index is 13.2. The number of ether oxygens (including phenoxy) is 1. The summed E-state index contributed by atoms with van der Waals surface area (Å²) >= 11 is 0. The molecule has 0 bridgehead atoms. The van der Waals surface area contributed by atoms with Crippen molar-refractivity contribution < 1.29 is 27.9 Å². The average molecular weight is 514 g/mol. The highest BCUT2D eigenvalue weighted by Gasteiger charge is 2.45. The number of sulfonamides is 1. The zero-order chi connectivity index (χ0) is 25.9. The molecule has 0 aromatic heterocycles. The number of nitrogens with zero attached hydrogens (tertiary/aromatic N) is 3. The van der Waals surface area contributed by atoms with Crippen LogP contribution in [0.1, 0.15) is 23.6 Å². The van der Waals surface area contributed by atoms with Gasteiger partial charge < -0.3 is 14.7 Å². The normalized spacial score (nSPS) is 20.9. The molecule has 1 N–H and O–H groups in total. The van der Waals surface area contributed by atoms with Crippen molar-refractivity contribution in [1.82, 2.24) is 14.1 Å². The molecule has 0 aliphatic carbocycles. The fourth-order valence-corrected chi connectivity index (χ4v) is 5.43. The first-order chi connectivity index (χ1) is 17.2. The first kappa shape index (κ1) is 26.0. The van der Waals surface area contributed by atoms with Crippen molar-refractivity contribution in [3.63, 3.8) is 0 Å². The second kappa shape index (κ2) is 10.9. The van der Waals surface area contributed by atoms with E-state index in [1.165, 1.54) is 43.3 Å². The van der Waals surface area contributed by atoms with E-state index in [-0.39, 0.29) is 21.8 Å². The lowest BCUT2D eigenvalue weighted by molar-refractivity contribution is -0.140. The Bertz CT molecular complexity index is 1240. The number of carbonyl (C=O) groups is 2. The molecule has 1 atom stereocenters. The summed E-state index contributed by atoms with van der Waals surface area (Å²) in [6.07, 6.45) is 0.674. The third-order valence-corrected chi connectivity index (χ3v) is 8.37. The Kier molecular flexibility index (Phi) is 7.89. The Morgan fingerprint density at radius 1 is 1.00 bits per heavy atom. The molecule has 9 nitrogen and oxygen atoms in total. The van der Waals surface area contributed by atoms with Gasteiger partial charge in [-0.05, 0) is 36.2 Å². The molecule has 0 unspecified atom stereocenters. The van der Waals surface area contributed by atoms with E-state index in [0.29, 0.717) is 26.2 Å². The Morgan fingerprint density at radius 2 is 1.64 bits per heavy atom. The molecule has 2 heterocycles. The first-order valence-corrected chi connectivity index (χ1v) is 13.3. The van der Waals surface area contributed by atoms with Gasteiger partial charge >= 0.3 is 0 Å². The quantitative estimate of drug-likeness (QED) is 0.327. The average Bonchev–Trinajstić information content (AvgIpc) is 3.14. The minimum absolute atomic E-state index is 0.000731. The van der Waals surface area contributed by atoms with Crippen LogP contribution in [0.15, 0.2) is 65.1 Å². The van der Waals surface area contributed by atoms with Crippen LogP contribution in [0, 0.1) is 0 Å². The van der Waals surface area contributed by atoms with Gasteiger partial charge in [0, 0.05) is 45.8 Å². The summed E-state index contributed by atoms with van der Waals surface area (Å²) in [6, 6.07) is 14.0. The van der Waals surface area contributed by atoms with Crippen molar-refractivity contribution in [3.05, 3.63) is 71.3 Å². The van der Waals surface area contributed by atoms with E-state index >= 15 is 0 Å². The number of ketones is 1. The van der Waals surface area contributed by atoms with Gasteiger partial charge in [-0.1, -0.05) is 30.3 Å². The van der Waals surface area contributed by atoms with Crippen molar-refractivity contribution in [2.45, 2.75) is 17.4 Å². The summed E-state index contributed by atoms with van der Waals surface area (Å²) in [5, 5.41) is 11.2. The highest BCUT2D eigenvalue weighted by atomic mass is 32.2. The highest BCUT2D eigenvalue weighted by molar-refractivity contribution is 7.89. The molecule has 0 radical (unpaired) electrons. The van der Waals surface area contributed by atoms with E-state index in [2.05, 4.69) is 4.90 Å². The summed E-state index contributed by atoms with van der Waals surface area (Å²) in [5.74, 6) is -1.73. The third kappa shape index (κ3) is 5.22. The van der Waals surface area contributed by atoms with Gasteiger partial charge in [-0.15, -0.1) is 0 Å². The van der Waals surface area contributed by atoms with Crippen LogP contribution in [0.4, 0.5) is 0 Å². The van der Waals surface area contributed by atoms with Crippen molar-refractivity contribution in [1.29, 1.82) is 0 Å². The molecule has 192 valence electrons. The van der Waals surface area contributed by atoms with E-state index in [4.69, 9.17) is 4.74 Å². The van der Waals surface area contributed by atoms with Crippen LogP contribution in [-0.4, -0.2) is 92.8 Å². The van der Waals surface area contributed by atoms with E-state index in [1.54, 1.807) is 0 Å². The standard InChI is InChI=1S/C26H31N3O6S/c1-27(2)36(33,34)21-11-9-20(10-12-21)24(30)22-23(19-7-4-3-5-8-19)29(26(32)25(22)31)14-6-13-28-15-17-35-18-16-28/h3-5,7-12,23,30H,6,13-18H2,1-2H3/t23-/m0/s1.